The maximum atomic E-state index is 11.9. The Balaban J connectivity index is 1.48. The number of fused-ring (bicyclic) bond motifs is 1. The van der Waals surface area contributed by atoms with Crippen LogP contribution >= 0.6 is 0 Å². The van der Waals surface area contributed by atoms with Crippen LogP contribution in [0.15, 0.2) is 53.4 Å². The van der Waals surface area contributed by atoms with Crippen molar-refractivity contribution in [2.45, 2.75) is 17.7 Å². The summed E-state index contributed by atoms with van der Waals surface area (Å²) >= 11 is 0. The molecule has 26 heavy (non-hydrogen) atoms. The molecule has 0 unspecified atom stereocenters. The summed E-state index contributed by atoms with van der Waals surface area (Å²) in [4.78, 5) is 12.0. The van der Waals surface area contributed by atoms with Gasteiger partial charge >= 0.3 is 0 Å². The largest absolute Gasteiger partial charge is 0.493 e. The molecule has 1 heterocycles. The van der Waals surface area contributed by atoms with Crippen LogP contribution in [0.4, 0.5) is 0 Å². The van der Waals surface area contributed by atoms with E-state index in [2.05, 4.69) is 5.32 Å². The van der Waals surface area contributed by atoms with E-state index < -0.39 is 10.0 Å². The van der Waals surface area contributed by atoms with Crippen molar-refractivity contribution in [3.63, 3.8) is 0 Å². The third-order valence-electron chi connectivity index (χ3n) is 4.11. The molecule has 0 radical (unpaired) electrons. The number of hydrogen-bond donors (Lipinski definition) is 2. The summed E-state index contributed by atoms with van der Waals surface area (Å²) in [5.41, 5.74) is 3.04. The molecule has 0 atom stereocenters. The normalized spacial score (nSPS) is 13.4. The molecule has 0 spiro atoms. The summed E-state index contributed by atoms with van der Waals surface area (Å²) in [5.74, 6) is 0.739. The zero-order chi connectivity index (χ0) is 18.6. The Bertz CT molecular complexity index is 935. The van der Waals surface area contributed by atoms with Crippen molar-refractivity contribution in [2.75, 3.05) is 13.2 Å². The number of benzene rings is 2. The van der Waals surface area contributed by atoms with Gasteiger partial charge in [0, 0.05) is 19.0 Å². The topological polar surface area (TPSA) is 98.5 Å². The molecule has 0 aromatic heterocycles. The minimum Gasteiger partial charge on any atom is -0.493 e. The van der Waals surface area contributed by atoms with Crippen LogP contribution in [0, 0.1) is 0 Å². The van der Waals surface area contributed by atoms with Crippen LogP contribution < -0.4 is 15.2 Å². The van der Waals surface area contributed by atoms with E-state index in [0.717, 1.165) is 28.9 Å². The van der Waals surface area contributed by atoms with Gasteiger partial charge in [0.2, 0.25) is 15.9 Å². The fraction of sp³-hybridized carbons (Fsp3) is 0.211. The molecule has 1 amide bonds. The lowest BCUT2D eigenvalue weighted by Crippen LogP contribution is -2.23. The summed E-state index contributed by atoms with van der Waals surface area (Å²) in [6.07, 6.45) is 4.77. The highest BCUT2D eigenvalue weighted by Gasteiger charge is 2.11. The number of hydrogen-bond acceptors (Lipinski definition) is 4. The van der Waals surface area contributed by atoms with Crippen LogP contribution in [-0.4, -0.2) is 27.5 Å². The number of ether oxygens (including phenoxy) is 1. The van der Waals surface area contributed by atoms with Gasteiger partial charge in [0.1, 0.15) is 5.75 Å². The van der Waals surface area contributed by atoms with Crippen LogP contribution in [0.5, 0.6) is 5.75 Å². The maximum absolute atomic E-state index is 11.9. The number of rotatable bonds is 6. The Morgan fingerprint density at radius 3 is 2.69 bits per heavy atom. The van der Waals surface area contributed by atoms with Gasteiger partial charge in [-0.25, -0.2) is 13.6 Å². The Morgan fingerprint density at radius 1 is 1.19 bits per heavy atom. The third-order valence-corrected chi connectivity index (χ3v) is 5.03. The summed E-state index contributed by atoms with van der Waals surface area (Å²) in [6.45, 7) is 1.16. The van der Waals surface area contributed by atoms with E-state index in [1.165, 1.54) is 18.2 Å². The third kappa shape index (κ3) is 4.71. The Kier molecular flexibility index (Phi) is 5.39. The number of sulfonamides is 1. The van der Waals surface area contributed by atoms with Gasteiger partial charge in [-0.3, -0.25) is 4.79 Å². The molecule has 6 nitrogen and oxygen atoms in total. The van der Waals surface area contributed by atoms with Crippen LogP contribution in [0.25, 0.3) is 6.08 Å². The van der Waals surface area contributed by atoms with E-state index in [4.69, 9.17) is 9.88 Å². The molecule has 0 saturated carbocycles. The first-order chi connectivity index (χ1) is 12.4. The van der Waals surface area contributed by atoms with Crippen LogP contribution in [0.2, 0.25) is 0 Å². The summed E-state index contributed by atoms with van der Waals surface area (Å²) in [7, 11) is -3.68. The highest BCUT2D eigenvalue weighted by atomic mass is 32.2. The van der Waals surface area contributed by atoms with E-state index in [-0.39, 0.29) is 10.8 Å². The molecule has 1 aliphatic rings. The van der Waals surface area contributed by atoms with E-state index >= 15 is 0 Å². The average Bonchev–Trinajstić information content (AvgIpc) is 3.07. The second-order valence-electron chi connectivity index (χ2n) is 6.03. The lowest BCUT2D eigenvalue weighted by atomic mass is 10.1. The van der Waals surface area contributed by atoms with Crippen LogP contribution in [0.3, 0.4) is 0 Å². The van der Waals surface area contributed by atoms with E-state index in [9.17, 15) is 13.2 Å². The van der Waals surface area contributed by atoms with E-state index in [1.807, 2.05) is 18.2 Å². The van der Waals surface area contributed by atoms with Crippen molar-refractivity contribution in [1.29, 1.82) is 0 Å². The molecule has 2 aromatic rings. The summed E-state index contributed by atoms with van der Waals surface area (Å²) in [6, 6.07) is 12.2. The van der Waals surface area contributed by atoms with Crippen LogP contribution in [-0.2, 0) is 27.7 Å². The van der Waals surface area contributed by atoms with Gasteiger partial charge < -0.3 is 10.1 Å². The first-order valence-electron chi connectivity index (χ1n) is 8.25. The van der Waals surface area contributed by atoms with Crippen LogP contribution in [0.1, 0.15) is 16.7 Å². The number of nitrogens with two attached hydrogens (primary N) is 1. The van der Waals surface area contributed by atoms with Gasteiger partial charge in [-0.15, -0.1) is 0 Å². The molecular formula is C19H20N2O4S. The number of nitrogens with one attached hydrogen (secondary N) is 1. The first kappa shape index (κ1) is 18.2. The van der Waals surface area contributed by atoms with E-state index in [1.54, 1.807) is 18.2 Å². The Morgan fingerprint density at radius 2 is 1.96 bits per heavy atom. The smallest absolute Gasteiger partial charge is 0.244 e. The molecule has 0 saturated heterocycles. The van der Waals surface area contributed by atoms with Crippen molar-refractivity contribution < 1.29 is 17.9 Å². The standard InChI is InChI=1S/C19H20N2O4S/c20-26(23,24)17-5-1-14(2-6-17)9-11-21-19(22)8-4-15-3-7-18-16(13-15)10-12-25-18/h1-8,13H,9-12H2,(H,21,22)(H2,20,23,24)/b8-4+. The highest BCUT2D eigenvalue weighted by molar-refractivity contribution is 7.89. The van der Waals surface area contributed by atoms with Crippen molar-refractivity contribution in [3.05, 3.63) is 65.2 Å². The molecule has 2 aromatic carbocycles. The highest BCUT2D eigenvalue weighted by Crippen LogP contribution is 2.26. The molecule has 3 rings (SSSR count). The quantitative estimate of drug-likeness (QED) is 0.753. The number of amides is 1. The maximum Gasteiger partial charge on any atom is 0.244 e. The minimum absolute atomic E-state index is 0.0768. The zero-order valence-corrected chi connectivity index (χ0v) is 15.0. The van der Waals surface area contributed by atoms with Gasteiger partial charge in [0.15, 0.2) is 0 Å². The monoisotopic (exact) mass is 372 g/mol. The lowest BCUT2D eigenvalue weighted by molar-refractivity contribution is -0.116. The fourth-order valence-electron chi connectivity index (χ4n) is 2.72. The number of carbonyl (C=O) groups is 1. The molecule has 1 aliphatic heterocycles. The van der Waals surface area contributed by atoms with Crippen molar-refractivity contribution in [2.24, 2.45) is 5.14 Å². The Labute approximate surface area is 152 Å². The van der Waals surface area contributed by atoms with Crippen molar-refractivity contribution in [1.82, 2.24) is 5.32 Å². The van der Waals surface area contributed by atoms with Gasteiger partial charge in [0.05, 0.1) is 11.5 Å². The first-order valence-corrected chi connectivity index (χ1v) is 9.80. The van der Waals surface area contributed by atoms with E-state index in [0.29, 0.717) is 19.6 Å². The average molecular weight is 372 g/mol. The minimum atomic E-state index is -3.68. The number of carbonyl (C=O) groups excluding carboxylic acids is 1. The summed E-state index contributed by atoms with van der Waals surface area (Å²) < 4.78 is 27.9. The zero-order valence-electron chi connectivity index (χ0n) is 14.1. The SMILES string of the molecule is NS(=O)(=O)c1ccc(CCNC(=O)/C=C/c2ccc3c(c2)CCO3)cc1. The summed E-state index contributed by atoms with van der Waals surface area (Å²) in [5, 5.41) is 7.86. The van der Waals surface area contributed by atoms with Gasteiger partial charge in [0.25, 0.3) is 0 Å². The number of primary sulfonamides is 1. The van der Waals surface area contributed by atoms with Gasteiger partial charge in [-0.2, -0.15) is 0 Å². The molecule has 7 heteroatoms. The van der Waals surface area contributed by atoms with Gasteiger partial charge in [-0.05, 0) is 53.5 Å². The second kappa shape index (κ2) is 7.72. The lowest BCUT2D eigenvalue weighted by Gasteiger charge is -2.04. The molecule has 0 bridgehead atoms. The predicted octanol–water partition coefficient (Wildman–Crippen LogP) is 1.64. The molecule has 0 fully saturated rings. The molecule has 0 aliphatic carbocycles. The fourth-order valence-corrected chi connectivity index (χ4v) is 3.23. The molecule has 136 valence electrons. The van der Waals surface area contributed by atoms with Crippen molar-refractivity contribution in [3.8, 4) is 5.75 Å². The predicted molar refractivity (Wildman–Crippen MR) is 99.2 cm³/mol. The second-order valence-corrected chi connectivity index (χ2v) is 7.59. The van der Waals surface area contributed by atoms with Gasteiger partial charge in [-0.1, -0.05) is 18.2 Å². The molecule has 3 N–H and O–H groups in total. The molecular weight excluding hydrogens is 352 g/mol. The Hall–Kier alpha value is -2.64. The van der Waals surface area contributed by atoms with Crippen molar-refractivity contribution >= 4 is 22.0 Å².